The number of furan rings is 1. The van der Waals surface area contributed by atoms with Gasteiger partial charge in [0.15, 0.2) is 17.1 Å². The number of hydrogen-bond donors (Lipinski definition) is 1. The minimum Gasteiger partial charge on any atom is -0.507 e. The predicted molar refractivity (Wildman–Crippen MR) is 94.5 cm³/mol. The van der Waals surface area contributed by atoms with Crippen molar-refractivity contribution in [3.05, 3.63) is 48.5 Å². The summed E-state index contributed by atoms with van der Waals surface area (Å²) in [6.07, 6.45) is 0. The average molecular weight is 345 g/mol. The Kier molecular flexibility index (Phi) is 2.46. The zero-order valence-corrected chi connectivity index (χ0v) is 13.4. The van der Waals surface area contributed by atoms with Crippen molar-refractivity contribution in [2.45, 2.75) is 0 Å². The second kappa shape index (κ2) is 4.70. The van der Waals surface area contributed by atoms with Crippen molar-refractivity contribution in [3.63, 3.8) is 0 Å². The second-order valence-corrected chi connectivity index (χ2v) is 6.16. The van der Waals surface area contributed by atoms with E-state index in [-0.39, 0.29) is 12.5 Å². The number of hydrogen-bond acceptors (Lipinski definition) is 6. The maximum Gasteiger partial charge on any atom is 0.231 e. The maximum absolute atomic E-state index is 10.5. The van der Waals surface area contributed by atoms with Gasteiger partial charge in [-0.3, -0.25) is 0 Å². The van der Waals surface area contributed by atoms with Crippen LogP contribution >= 0.6 is 0 Å². The fraction of sp³-hybridized carbons (Fsp3) is 0.0500. The topological polar surface area (TPSA) is 77.9 Å². The summed E-state index contributed by atoms with van der Waals surface area (Å²) in [7, 11) is 0. The highest BCUT2D eigenvalue weighted by Gasteiger charge is 2.20. The standard InChI is InChI=1S/C20H11NO5/c22-14-7-16-10(11-6-18-19(24-9-23-18)8-17(11)25-16)5-12(14)20-21-13-3-1-2-4-15(13)26-20/h1-8,22H,9H2. The van der Waals surface area contributed by atoms with Crippen molar-refractivity contribution in [3.8, 4) is 28.7 Å². The maximum atomic E-state index is 10.5. The first-order chi connectivity index (χ1) is 12.8. The molecule has 0 unspecified atom stereocenters. The highest BCUT2D eigenvalue weighted by atomic mass is 16.7. The number of phenolic OH excluding ortho intramolecular Hbond substituents is 1. The van der Waals surface area contributed by atoms with Crippen molar-refractivity contribution in [1.29, 1.82) is 0 Å². The number of oxazole rings is 1. The SMILES string of the molecule is Oc1cc2oc3cc4c(cc3c2cc1-c1nc2ccccc2o1)OCO4. The third-order valence-electron chi connectivity index (χ3n) is 4.61. The Morgan fingerprint density at radius 3 is 2.46 bits per heavy atom. The molecule has 6 rings (SSSR count). The molecule has 5 aromatic rings. The molecular weight excluding hydrogens is 334 g/mol. The first-order valence-corrected chi connectivity index (χ1v) is 8.11. The van der Waals surface area contributed by atoms with E-state index in [0.717, 1.165) is 16.3 Å². The van der Waals surface area contributed by atoms with Crippen LogP contribution in [0.3, 0.4) is 0 Å². The monoisotopic (exact) mass is 345 g/mol. The lowest BCUT2D eigenvalue weighted by Gasteiger charge is -2.00. The van der Waals surface area contributed by atoms with Crippen molar-refractivity contribution < 1.29 is 23.4 Å². The molecule has 1 aliphatic heterocycles. The summed E-state index contributed by atoms with van der Waals surface area (Å²) in [5.74, 6) is 1.74. The Morgan fingerprint density at radius 2 is 1.58 bits per heavy atom. The van der Waals surface area contributed by atoms with E-state index < -0.39 is 0 Å². The molecule has 3 aromatic carbocycles. The van der Waals surface area contributed by atoms with E-state index in [1.165, 1.54) is 0 Å². The zero-order chi connectivity index (χ0) is 17.3. The van der Waals surface area contributed by atoms with Crippen LogP contribution in [-0.4, -0.2) is 16.9 Å². The molecule has 1 aliphatic rings. The lowest BCUT2D eigenvalue weighted by atomic mass is 10.1. The van der Waals surface area contributed by atoms with Crippen molar-refractivity contribution >= 4 is 33.0 Å². The molecule has 126 valence electrons. The van der Waals surface area contributed by atoms with Gasteiger partial charge in [0, 0.05) is 22.9 Å². The Morgan fingerprint density at radius 1 is 0.808 bits per heavy atom. The largest absolute Gasteiger partial charge is 0.507 e. The minimum atomic E-state index is 0.0446. The lowest BCUT2D eigenvalue weighted by Crippen LogP contribution is -1.92. The smallest absolute Gasteiger partial charge is 0.231 e. The highest BCUT2D eigenvalue weighted by molar-refractivity contribution is 6.08. The van der Waals surface area contributed by atoms with Crippen LogP contribution in [0.25, 0.3) is 44.5 Å². The third-order valence-corrected chi connectivity index (χ3v) is 4.61. The van der Waals surface area contributed by atoms with Crippen LogP contribution in [0.1, 0.15) is 0 Å². The van der Waals surface area contributed by atoms with Crippen LogP contribution in [0.15, 0.2) is 57.4 Å². The minimum absolute atomic E-state index is 0.0446. The third kappa shape index (κ3) is 1.78. The molecule has 0 saturated carbocycles. The normalized spacial score (nSPS) is 13.2. The Hall–Kier alpha value is -3.67. The number of rotatable bonds is 1. The summed E-state index contributed by atoms with van der Waals surface area (Å²) in [5.41, 5.74) is 3.15. The van der Waals surface area contributed by atoms with Gasteiger partial charge in [-0.2, -0.15) is 0 Å². The van der Waals surface area contributed by atoms with Crippen LogP contribution in [-0.2, 0) is 0 Å². The van der Waals surface area contributed by atoms with Crippen molar-refractivity contribution in [2.24, 2.45) is 0 Å². The molecular formula is C20H11NO5. The predicted octanol–water partition coefficient (Wildman–Crippen LogP) is 4.83. The summed E-state index contributed by atoms with van der Waals surface area (Å²) in [4.78, 5) is 4.47. The van der Waals surface area contributed by atoms with Crippen LogP contribution in [0.5, 0.6) is 17.2 Å². The van der Waals surface area contributed by atoms with Gasteiger partial charge in [-0.25, -0.2) is 4.98 Å². The van der Waals surface area contributed by atoms with Gasteiger partial charge in [0.1, 0.15) is 22.4 Å². The van der Waals surface area contributed by atoms with Crippen molar-refractivity contribution in [1.82, 2.24) is 4.98 Å². The zero-order valence-electron chi connectivity index (χ0n) is 13.4. The molecule has 0 aliphatic carbocycles. The molecule has 6 heteroatoms. The van der Waals surface area contributed by atoms with E-state index in [1.54, 1.807) is 12.1 Å². The van der Waals surface area contributed by atoms with Gasteiger partial charge in [-0.1, -0.05) is 12.1 Å². The van der Waals surface area contributed by atoms with Gasteiger partial charge in [-0.15, -0.1) is 0 Å². The number of phenols is 1. The quantitative estimate of drug-likeness (QED) is 0.469. The molecule has 6 nitrogen and oxygen atoms in total. The summed E-state index contributed by atoms with van der Waals surface area (Å²) < 4.78 is 22.5. The van der Waals surface area contributed by atoms with E-state index >= 15 is 0 Å². The number of benzene rings is 3. The van der Waals surface area contributed by atoms with E-state index in [1.807, 2.05) is 36.4 Å². The molecule has 0 spiro atoms. The molecule has 0 radical (unpaired) electrons. The Labute approximate surface area is 146 Å². The van der Waals surface area contributed by atoms with Gasteiger partial charge >= 0.3 is 0 Å². The molecule has 0 saturated heterocycles. The van der Waals surface area contributed by atoms with Gasteiger partial charge in [0.25, 0.3) is 0 Å². The highest BCUT2D eigenvalue weighted by Crippen LogP contribution is 2.43. The van der Waals surface area contributed by atoms with Crippen LogP contribution < -0.4 is 9.47 Å². The van der Waals surface area contributed by atoms with E-state index in [4.69, 9.17) is 18.3 Å². The number of nitrogens with zero attached hydrogens (tertiary/aromatic N) is 1. The number of para-hydroxylation sites is 2. The number of aromatic nitrogens is 1. The lowest BCUT2D eigenvalue weighted by molar-refractivity contribution is 0.174. The number of ether oxygens (including phenoxy) is 2. The van der Waals surface area contributed by atoms with E-state index in [0.29, 0.717) is 39.7 Å². The van der Waals surface area contributed by atoms with Crippen LogP contribution in [0.4, 0.5) is 0 Å². The summed E-state index contributed by atoms with van der Waals surface area (Å²) in [6, 6.07) is 14.6. The van der Waals surface area contributed by atoms with Crippen LogP contribution in [0.2, 0.25) is 0 Å². The summed E-state index contributed by atoms with van der Waals surface area (Å²) in [6.45, 7) is 0.203. The van der Waals surface area contributed by atoms with Gasteiger partial charge in [0.05, 0.1) is 5.56 Å². The summed E-state index contributed by atoms with van der Waals surface area (Å²) in [5, 5.41) is 12.2. The Balaban J connectivity index is 1.63. The molecule has 3 heterocycles. The molecule has 0 fully saturated rings. The number of fused-ring (bicyclic) bond motifs is 5. The van der Waals surface area contributed by atoms with Gasteiger partial charge < -0.3 is 23.4 Å². The molecule has 0 atom stereocenters. The van der Waals surface area contributed by atoms with E-state index in [9.17, 15) is 5.11 Å². The van der Waals surface area contributed by atoms with E-state index in [2.05, 4.69) is 4.98 Å². The molecule has 2 aromatic heterocycles. The van der Waals surface area contributed by atoms with Gasteiger partial charge in [0.2, 0.25) is 12.7 Å². The second-order valence-electron chi connectivity index (χ2n) is 6.16. The molecule has 1 N–H and O–H groups in total. The fourth-order valence-electron chi connectivity index (χ4n) is 3.36. The summed E-state index contributed by atoms with van der Waals surface area (Å²) >= 11 is 0. The molecule has 26 heavy (non-hydrogen) atoms. The molecule has 0 bridgehead atoms. The Bertz CT molecular complexity index is 1300. The van der Waals surface area contributed by atoms with Crippen molar-refractivity contribution in [2.75, 3.05) is 6.79 Å². The fourth-order valence-corrected chi connectivity index (χ4v) is 3.36. The van der Waals surface area contributed by atoms with Gasteiger partial charge in [-0.05, 0) is 24.3 Å². The number of aromatic hydroxyl groups is 1. The molecule has 0 amide bonds. The first-order valence-electron chi connectivity index (χ1n) is 8.11. The average Bonchev–Trinajstić information content (AvgIpc) is 3.34. The first kappa shape index (κ1) is 13.6. The van der Waals surface area contributed by atoms with Crippen LogP contribution in [0, 0.1) is 0 Å².